The van der Waals surface area contributed by atoms with Crippen LogP contribution in [0.3, 0.4) is 0 Å². The molecule has 0 aromatic heterocycles. The van der Waals surface area contributed by atoms with Crippen LogP contribution in [0, 0.1) is 6.92 Å². The highest BCUT2D eigenvalue weighted by Crippen LogP contribution is 2.36. The Hall–Kier alpha value is -4.12. The van der Waals surface area contributed by atoms with Gasteiger partial charge in [0.05, 0.1) is 0 Å². The maximum Gasteiger partial charge on any atom is 0.335 e. The minimum absolute atomic E-state index is 0.430. The number of hydrogen-bond donors (Lipinski definition) is 0. The lowest BCUT2D eigenvalue weighted by Gasteiger charge is -2.26. The second kappa shape index (κ2) is 9.39. The number of aryl methyl sites for hydroxylation is 1. The zero-order chi connectivity index (χ0) is 21.5. The Balaban J connectivity index is 1.97. The number of hydrogen-bond acceptors (Lipinski definition) is 5. The first-order valence-corrected chi connectivity index (χ1v) is 9.25. The largest absolute Gasteiger partial charge is 0.423 e. The number of rotatable bonds is 7. The zero-order valence-electron chi connectivity index (χ0n) is 16.6. The van der Waals surface area contributed by atoms with E-state index < -0.39 is 11.9 Å². The van der Waals surface area contributed by atoms with Gasteiger partial charge in [-0.2, -0.15) is 0 Å². The van der Waals surface area contributed by atoms with Crippen LogP contribution in [0.25, 0.3) is 0 Å². The molecule has 0 atom stereocenters. The molecule has 3 aromatic rings. The van der Waals surface area contributed by atoms with Crippen molar-refractivity contribution >= 4 is 29.0 Å². The fraction of sp³-hybridized carbons (Fsp3) is 0.0400. The van der Waals surface area contributed by atoms with E-state index in [-0.39, 0.29) is 0 Å². The highest BCUT2D eigenvalue weighted by molar-refractivity contribution is 5.84. The van der Waals surface area contributed by atoms with Crippen molar-refractivity contribution in [2.24, 2.45) is 0 Å². The molecule has 0 aliphatic heterocycles. The number of carbonyl (C=O) groups is 2. The first-order chi connectivity index (χ1) is 14.5. The van der Waals surface area contributed by atoms with E-state index in [4.69, 9.17) is 9.47 Å². The molecular weight excluding hydrogens is 378 g/mol. The molecule has 0 saturated heterocycles. The fourth-order valence-corrected chi connectivity index (χ4v) is 2.86. The molecule has 0 heterocycles. The summed E-state index contributed by atoms with van der Waals surface area (Å²) in [6.45, 7) is 8.83. The van der Waals surface area contributed by atoms with Gasteiger partial charge < -0.3 is 14.4 Å². The Bertz CT molecular complexity index is 1000. The first kappa shape index (κ1) is 20.6. The van der Waals surface area contributed by atoms with Gasteiger partial charge in [-0.25, -0.2) is 9.59 Å². The molecule has 150 valence electrons. The van der Waals surface area contributed by atoms with Crippen molar-refractivity contribution in [2.75, 3.05) is 4.90 Å². The van der Waals surface area contributed by atoms with E-state index in [9.17, 15) is 9.59 Å². The van der Waals surface area contributed by atoms with Gasteiger partial charge in [0, 0.05) is 29.2 Å². The Morgan fingerprint density at radius 2 is 1.20 bits per heavy atom. The minimum atomic E-state index is -0.511. The standard InChI is InChI=1S/C25H21NO4/c1-4-24(27)29-22-13-9-19(10-14-22)26(21-8-6-7-18(3)17-21)20-11-15-23(16-12-20)30-25(28)5-2/h4-17H,1-2H2,3H3. The monoisotopic (exact) mass is 399 g/mol. The van der Waals surface area contributed by atoms with Crippen LogP contribution < -0.4 is 14.4 Å². The van der Waals surface area contributed by atoms with E-state index in [0.29, 0.717) is 11.5 Å². The topological polar surface area (TPSA) is 55.8 Å². The van der Waals surface area contributed by atoms with Gasteiger partial charge in [-0.3, -0.25) is 0 Å². The van der Waals surface area contributed by atoms with Crippen LogP contribution >= 0.6 is 0 Å². The predicted molar refractivity (Wildman–Crippen MR) is 118 cm³/mol. The van der Waals surface area contributed by atoms with Crippen LogP contribution in [-0.2, 0) is 9.59 Å². The minimum Gasteiger partial charge on any atom is -0.423 e. The lowest BCUT2D eigenvalue weighted by molar-refractivity contribution is -0.129. The van der Waals surface area contributed by atoms with Gasteiger partial charge in [0.25, 0.3) is 0 Å². The van der Waals surface area contributed by atoms with Gasteiger partial charge in [-0.15, -0.1) is 0 Å². The lowest BCUT2D eigenvalue weighted by atomic mass is 10.1. The van der Waals surface area contributed by atoms with Crippen LogP contribution in [0.5, 0.6) is 11.5 Å². The maximum absolute atomic E-state index is 11.4. The molecule has 0 fully saturated rings. The van der Waals surface area contributed by atoms with Gasteiger partial charge in [-0.1, -0.05) is 25.3 Å². The number of esters is 2. The average Bonchev–Trinajstić information content (AvgIpc) is 2.76. The third-order valence-electron chi connectivity index (χ3n) is 4.22. The molecule has 0 saturated carbocycles. The summed E-state index contributed by atoms with van der Waals surface area (Å²) in [6, 6.07) is 22.4. The van der Waals surface area contributed by atoms with E-state index in [1.807, 2.05) is 54.3 Å². The molecule has 0 radical (unpaired) electrons. The molecule has 5 nitrogen and oxygen atoms in total. The van der Waals surface area contributed by atoms with Crippen LogP contribution in [0.1, 0.15) is 5.56 Å². The van der Waals surface area contributed by atoms with Crippen molar-refractivity contribution in [3.05, 3.63) is 104 Å². The predicted octanol–water partition coefficient (Wildman–Crippen LogP) is 5.65. The van der Waals surface area contributed by atoms with Crippen molar-refractivity contribution in [1.82, 2.24) is 0 Å². The average molecular weight is 399 g/mol. The van der Waals surface area contributed by atoms with Gasteiger partial charge in [-0.05, 0) is 73.2 Å². The summed E-state index contributed by atoms with van der Waals surface area (Å²) in [5, 5.41) is 0. The Labute approximate surface area is 175 Å². The van der Waals surface area contributed by atoms with Crippen LogP contribution in [0.2, 0.25) is 0 Å². The molecule has 3 aromatic carbocycles. The molecule has 30 heavy (non-hydrogen) atoms. The third kappa shape index (κ3) is 5.02. The van der Waals surface area contributed by atoms with E-state index in [0.717, 1.165) is 34.8 Å². The van der Waals surface area contributed by atoms with Crippen molar-refractivity contribution in [1.29, 1.82) is 0 Å². The SMILES string of the molecule is C=CC(=O)Oc1ccc(N(c2ccc(OC(=O)C=C)cc2)c2cccc(C)c2)cc1. The van der Waals surface area contributed by atoms with Crippen molar-refractivity contribution < 1.29 is 19.1 Å². The molecule has 0 unspecified atom stereocenters. The molecule has 0 bridgehead atoms. The van der Waals surface area contributed by atoms with Crippen LogP contribution in [-0.4, -0.2) is 11.9 Å². The zero-order valence-corrected chi connectivity index (χ0v) is 16.6. The summed E-state index contributed by atoms with van der Waals surface area (Å²) in [4.78, 5) is 24.9. The van der Waals surface area contributed by atoms with Crippen LogP contribution in [0.15, 0.2) is 98.1 Å². The van der Waals surface area contributed by atoms with Crippen molar-refractivity contribution in [2.45, 2.75) is 6.92 Å². The molecule has 0 aliphatic carbocycles. The van der Waals surface area contributed by atoms with Gasteiger partial charge in [0.15, 0.2) is 0 Å². The number of anilines is 3. The van der Waals surface area contributed by atoms with Gasteiger partial charge >= 0.3 is 11.9 Å². The number of benzene rings is 3. The number of nitrogens with zero attached hydrogens (tertiary/aromatic N) is 1. The van der Waals surface area contributed by atoms with Crippen molar-refractivity contribution in [3.63, 3.8) is 0 Å². The van der Waals surface area contributed by atoms with Gasteiger partial charge in [0.2, 0.25) is 0 Å². The van der Waals surface area contributed by atoms with E-state index in [1.54, 1.807) is 24.3 Å². The summed E-state index contributed by atoms with van der Waals surface area (Å²) >= 11 is 0. The number of carbonyl (C=O) groups excluding carboxylic acids is 2. The summed E-state index contributed by atoms with van der Waals surface area (Å²) < 4.78 is 10.3. The Kier molecular flexibility index (Phi) is 6.45. The fourth-order valence-electron chi connectivity index (χ4n) is 2.86. The highest BCUT2D eigenvalue weighted by atomic mass is 16.5. The summed E-state index contributed by atoms with van der Waals surface area (Å²) in [5.41, 5.74) is 3.82. The normalized spacial score (nSPS) is 10.0. The van der Waals surface area contributed by atoms with E-state index in [2.05, 4.69) is 19.2 Å². The molecule has 5 heteroatoms. The number of ether oxygens (including phenoxy) is 2. The quantitative estimate of drug-likeness (QED) is 0.292. The first-order valence-electron chi connectivity index (χ1n) is 9.25. The van der Waals surface area contributed by atoms with Crippen molar-refractivity contribution in [3.8, 4) is 11.5 Å². The smallest absolute Gasteiger partial charge is 0.335 e. The highest BCUT2D eigenvalue weighted by Gasteiger charge is 2.14. The summed E-state index contributed by atoms with van der Waals surface area (Å²) in [5.74, 6) is -0.162. The van der Waals surface area contributed by atoms with Crippen LogP contribution in [0.4, 0.5) is 17.1 Å². The molecule has 0 spiro atoms. The lowest BCUT2D eigenvalue weighted by Crippen LogP contribution is -2.10. The molecule has 0 aliphatic rings. The Morgan fingerprint density at radius 1 is 0.733 bits per heavy atom. The Morgan fingerprint density at radius 3 is 1.60 bits per heavy atom. The molecule has 0 amide bonds. The van der Waals surface area contributed by atoms with E-state index >= 15 is 0 Å². The van der Waals surface area contributed by atoms with Gasteiger partial charge in [0.1, 0.15) is 11.5 Å². The molecular formula is C25H21NO4. The molecule has 3 rings (SSSR count). The maximum atomic E-state index is 11.4. The summed E-state index contributed by atoms with van der Waals surface area (Å²) in [6.07, 6.45) is 2.24. The third-order valence-corrected chi connectivity index (χ3v) is 4.22. The molecule has 0 N–H and O–H groups in total. The second-order valence-electron chi connectivity index (χ2n) is 6.41. The summed E-state index contributed by atoms with van der Waals surface area (Å²) in [7, 11) is 0. The second-order valence-corrected chi connectivity index (χ2v) is 6.41. The van der Waals surface area contributed by atoms with E-state index in [1.165, 1.54) is 0 Å².